The summed E-state index contributed by atoms with van der Waals surface area (Å²) < 4.78 is 7.28. The summed E-state index contributed by atoms with van der Waals surface area (Å²) in [7, 11) is 0. The van der Waals surface area contributed by atoms with Gasteiger partial charge in [-0.05, 0) is 23.6 Å². The predicted octanol–water partition coefficient (Wildman–Crippen LogP) is 1.87. The highest BCUT2D eigenvalue weighted by Gasteiger charge is 1.92. The molecule has 0 unspecified atom stereocenters. The van der Waals surface area contributed by atoms with Crippen molar-refractivity contribution in [3.8, 4) is 5.75 Å². The van der Waals surface area contributed by atoms with Crippen LogP contribution >= 0.6 is 0 Å². The summed E-state index contributed by atoms with van der Waals surface area (Å²) in [4.78, 5) is 2.94. The third-order valence-corrected chi connectivity index (χ3v) is 1.47. The molecule has 2 heteroatoms. The zero-order valence-corrected chi connectivity index (χ0v) is 5.26. The van der Waals surface area contributed by atoms with Crippen molar-refractivity contribution in [2.75, 3.05) is 0 Å². The molecule has 0 spiro atoms. The lowest BCUT2D eigenvalue weighted by molar-refractivity contribution is 0.476. The molecule has 2 nitrogen and oxygen atoms in total. The van der Waals surface area contributed by atoms with Gasteiger partial charge in [0.2, 0.25) is 0 Å². The van der Waals surface area contributed by atoms with Crippen molar-refractivity contribution in [2.45, 2.75) is 0 Å². The van der Waals surface area contributed by atoms with Crippen LogP contribution in [-0.4, -0.2) is 10.1 Å². The fourth-order valence-corrected chi connectivity index (χ4v) is 0.975. The molecule has 0 saturated heterocycles. The van der Waals surface area contributed by atoms with Gasteiger partial charge in [-0.3, -0.25) is 0 Å². The van der Waals surface area contributed by atoms with Gasteiger partial charge in [-0.15, -0.1) is 0 Å². The van der Waals surface area contributed by atoms with Gasteiger partial charge in [0.05, 0.1) is 1.37 Å². The van der Waals surface area contributed by atoms with E-state index in [0.29, 0.717) is 0 Å². The van der Waals surface area contributed by atoms with Crippen LogP contribution in [0.1, 0.15) is 1.37 Å². The Morgan fingerprint density at radius 1 is 1.50 bits per heavy atom. The zero-order valence-electron chi connectivity index (χ0n) is 6.26. The number of aromatic hydroxyl groups is 1. The van der Waals surface area contributed by atoms with E-state index in [2.05, 4.69) is 4.98 Å². The number of aromatic nitrogens is 1. The van der Waals surface area contributed by atoms with Crippen molar-refractivity contribution in [1.29, 1.82) is 0 Å². The summed E-state index contributed by atoms with van der Waals surface area (Å²) in [6, 6.07) is 5.21. The van der Waals surface area contributed by atoms with Crippen molar-refractivity contribution in [1.82, 2.24) is 4.98 Å². The molecule has 10 heavy (non-hydrogen) atoms. The van der Waals surface area contributed by atoms with Crippen molar-refractivity contribution >= 4 is 10.9 Å². The lowest BCUT2D eigenvalue weighted by Crippen LogP contribution is -1.65. The molecular formula is C8H7NO. The molecule has 1 aromatic carbocycles. The molecule has 2 rings (SSSR count). The Kier molecular flexibility index (Phi) is 0.776. The topological polar surface area (TPSA) is 36.0 Å². The highest BCUT2D eigenvalue weighted by molar-refractivity contribution is 5.80. The third-order valence-electron chi connectivity index (χ3n) is 1.47. The molecule has 1 aromatic heterocycles. The molecule has 0 aliphatic heterocycles. The van der Waals surface area contributed by atoms with Gasteiger partial charge in [0, 0.05) is 17.8 Å². The monoisotopic (exact) mass is 134 g/mol. The molecular weight excluding hydrogens is 126 g/mol. The Balaban J connectivity index is 2.86. The van der Waals surface area contributed by atoms with Gasteiger partial charge in [0.25, 0.3) is 0 Å². The highest BCUT2D eigenvalue weighted by atomic mass is 16.3. The number of rotatable bonds is 0. The minimum Gasteiger partial charge on any atom is -0.508 e. The van der Waals surface area contributed by atoms with E-state index in [4.69, 9.17) is 6.48 Å². The molecule has 0 saturated carbocycles. The van der Waals surface area contributed by atoms with Crippen LogP contribution in [-0.2, 0) is 0 Å². The Hall–Kier alpha value is -1.44. The maximum Gasteiger partial charge on any atom is 0.117 e. The summed E-state index contributed by atoms with van der Waals surface area (Å²) in [5, 5.41) is 10.1. The van der Waals surface area contributed by atoms with Gasteiger partial charge in [0.15, 0.2) is 0 Å². The van der Waals surface area contributed by atoms with Gasteiger partial charge >= 0.3 is 0 Å². The summed E-state index contributed by atoms with van der Waals surface area (Å²) in [6.45, 7) is 0. The number of fused-ring (bicyclic) bond motifs is 1. The first-order chi connectivity index (χ1) is 5.27. The van der Waals surface area contributed by atoms with E-state index >= 15 is 0 Å². The van der Waals surface area contributed by atoms with Gasteiger partial charge in [-0.25, -0.2) is 0 Å². The van der Waals surface area contributed by atoms with E-state index in [-0.39, 0.29) is 11.8 Å². The second-order valence-electron chi connectivity index (χ2n) is 2.16. The summed E-state index contributed by atoms with van der Waals surface area (Å²) in [5.74, 6) is 0.0138. The Labute approximate surface area is 59.5 Å². The highest BCUT2D eigenvalue weighted by Crippen LogP contribution is 2.17. The summed E-state index contributed by atoms with van der Waals surface area (Å²) >= 11 is 0. The minimum atomic E-state index is 0.0138. The van der Waals surface area contributed by atoms with Crippen LogP contribution in [0.4, 0.5) is 0 Å². The standard InChI is InChI=1S/C8H7NO/c10-7-2-1-6-3-4-9-8(6)5-7/h1-5,9-10H/i2D. The van der Waals surface area contributed by atoms with Gasteiger partial charge < -0.3 is 10.1 Å². The molecule has 0 aliphatic carbocycles. The molecule has 0 amide bonds. The zero-order chi connectivity index (χ0) is 7.84. The van der Waals surface area contributed by atoms with E-state index < -0.39 is 0 Å². The third kappa shape index (κ3) is 0.658. The molecule has 0 aliphatic rings. The van der Waals surface area contributed by atoms with Crippen molar-refractivity contribution in [3.63, 3.8) is 0 Å². The number of hydrogen-bond acceptors (Lipinski definition) is 1. The fourth-order valence-electron chi connectivity index (χ4n) is 0.975. The van der Waals surface area contributed by atoms with Crippen molar-refractivity contribution in [2.24, 2.45) is 0 Å². The number of H-pyrrole nitrogens is 1. The van der Waals surface area contributed by atoms with Crippen LogP contribution < -0.4 is 0 Å². The van der Waals surface area contributed by atoms with Crippen molar-refractivity contribution < 1.29 is 6.48 Å². The smallest absolute Gasteiger partial charge is 0.117 e. The molecule has 0 bridgehead atoms. The van der Waals surface area contributed by atoms with E-state index in [1.807, 2.05) is 6.07 Å². The van der Waals surface area contributed by atoms with Gasteiger partial charge in [0.1, 0.15) is 5.75 Å². The molecule has 2 aromatic rings. The Bertz CT molecular complexity index is 358. The minimum absolute atomic E-state index is 0.0138. The van der Waals surface area contributed by atoms with E-state index in [0.717, 1.165) is 10.9 Å². The SMILES string of the molecule is [2H]c1cc2cc[nH]c2cc1O. The molecule has 0 atom stereocenters. The van der Waals surface area contributed by atoms with E-state index in [1.54, 1.807) is 18.3 Å². The largest absolute Gasteiger partial charge is 0.508 e. The second-order valence-corrected chi connectivity index (χ2v) is 2.16. The Morgan fingerprint density at radius 2 is 2.40 bits per heavy atom. The first-order valence-corrected chi connectivity index (χ1v) is 3.04. The average molecular weight is 134 g/mol. The van der Waals surface area contributed by atoms with Crippen LogP contribution in [0.2, 0.25) is 0 Å². The van der Waals surface area contributed by atoms with Gasteiger partial charge in [-0.1, -0.05) is 0 Å². The molecule has 1 heterocycles. The van der Waals surface area contributed by atoms with E-state index in [9.17, 15) is 0 Å². The lowest BCUT2D eigenvalue weighted by atomic mass is 10.2. The molecule has 2 N–H and O–H groups in total. The van der Waals surface area contributed by atoms with Crippen LogP contribution in [0.25, 0.3) is 10.9 Å². The normalized spacial score (nSPS) is 11.8. The van der Waals surface area contributed by atoms with Crippen LogP contribution in [0.15, 0.2) is 30.4 Å². The lowest BCUT2D eigenvalue weighted by Gasteiger charge is -1.89. The number of benzene rings is 1. The maximum atomic E-state index is 9.13. The maximum absolute atomic E-state index is 9.13. The summed E-state index contributed by atoms with van der Waals surface area (Å²) in [6.07, 6.45) is 1.78. The number of nitrogens with one attached hydrogen (secondary N) is 1. The predicted molar refractivity (Wildman–Crippen MR) is 40.0 cm³/mol. The van der Waals surface area contributed by atoms with Crippen LogP contribution in [0.3, 0.4) is 0 Å². The second kappa shape index (κ2) is 1.77. The quantitative estimate of drug-likeness (QED) is 0.567. The first kappa shape index (κ1) is 4.39. The van der Waals surface area contributed by atoms with Crippen LogP contribution in [0, 0.1) is 0 Å². The average Bonchev–Trinajstić information content (AvgIpc) is 2.36. The van der Waals surface area contributed by atoms with Gasteiger partial charge in [-0.2, -0.15) is 0 Å². The molecule has 0 radical (unpaired) electrons. The van der Waals surface area contributed by atoms with Crippen LogP contribution in [0.5, 0.6) is 5.75 Å². The number of phenolic OH excluding ortho intramolecular Hbond substituents is 1. The van der Waals surface area contributed by atoms with Crippen molar-refractivity contribution in [3.05, 3.63) is 30.4 Å². The molecule has 0 fully saturated rings. The Morgan fingerprint density at radius 3 is 3.30 bits per heavy atom. The number of aromatic amines is 1. The fraction of sp³-hybridized carbons (Fsp3) is 0. The van der Waals surface area contributed by atoms with E-state index in [1.165, 1.54) is 0 Å². The first-order valence-electron chi connectivity index (χ1n) is 3.54. The number of phenols is 1. The number of hydrogen-bond donors (Lipinski definition) is 2. The molecule has 50 valence electrons. The summed E-state index contributed by atoms with van der Waals surface area (Å²) in [5.41, 5.74) is 0.860.